The van der Waals surface area contributed by atoms with Crippen molar-refractivity contribution in [1.82, 2.24) is 4.57 Å². The lowest BCUT2D eigenvalue weighted by Crippen LogP contribution is -2.29. The molecule has 0 saturated carbocycles. The van der Waals surface area contributed by atoms with E-state index in [0.717, 1.165) is 28.6 Å². The molecular formula is C26H22N2O2. The molecule has 2 amide bonds. The number of carbonyl (C=O) groups is 2. The molecule has 30 heavy (non-hydrogen) atoms. The van der Waals surface area contributed by atoms with Gasteiger partial charge in [0.1, 0.15) is 0 Å². The average molecular weight is 394 g/mol. The van der Waals surface area contributed by atoms with Crippen LogP contribution in [0.25, 0.3) is 10.9 Å². The number of hydrogen-bond donors (Lipinski definition) is 0. The van der Waals surface area contributed by atoms with E-state index in [4.69, 9.17) is 0 Å². The van der Waals surface area contributed by atoms with Gasteiger partial charge in [-0.1, -0.05) is 66.2 Å². The second-order valence-corrected chi connectivity index (χ2v) is 7.87. The molecule has 1 aliphatic rings. The number of imide groups is 1. The molecule has 0 N–H and O–H groups in total. The Morgan fingerprint density at radius 2 is 1.57 bits per heavy atom. The van der Waals surface area contributed by atoms with Crippen molar-refractivity contribution in [3.63, 3.8) is 0 Å². The summed E-state index contributed by atoms with van der Waals surface area (Å²) in [5.74, 6) is -0.749. The summed E-state index contributed by atoms with van der Waals surface area (Å²) in [7, 11) is 0. The maximum absolute atomic E-state index is 13.3. The standard InChI is InChI=1S/C26H22N2O2/c1-18-11-13-20(14-12-18)28-25(29)15-22(26(28)30)23-17-27(16-19-7-3-2-4-8-19)24-10-6-5-9-21(23)24/h2-14,17,22H,15-16H2,1H3/t22-/m1/s1. The van der Waals surface area contributed by atoms with E-state index in [2.05, 4.69) is 22.8 Å². The fourth-order valence-corrected chi connectivity index (χ4v) is 4.30. The monoisotopic (exact) mass is 394 g/mol. The van der Waals surface area contributed by atoms with Crippen LogP contribution in [0.4, 0.5) is 5.69 Å². The first-order chi connectivity index (χ1) is 14.6. The zero-order chi connectivity index (χ0) is 20.7. The Balaban J connectivity index is 1.54. The maximum atomic E-state index is 13.3. The highest BCUT2D eigenvalue weighted by Crippen LogP contribution is 2.37. The number of anilines is 1. The molecule has 0 unspecified atom stereocenters. The van der Waals surface area contributed by atoms with E-state index in [-0.39, 0.29) is 18.2 Å². The van der Waals surface area contributed by atoms with Gasteiger partial charge in [-0.2, -0.15) is 0 Å². The SMILES string of the molecule is Cc1ccc(N2C(=O)C[C@H](c3cn(Cc4ccccc4)c4ccccc34)C2=O)cc1. The summed E-state index contributed by atoms with van der Waals surface area (Å²) < 4.78 is 2.17. The maximum Gasteiger partial charge on any atom is 0.241 e. The second-order valence-electron chi connectivity index (χ2n) is 7.87. The van der Waals surface area contributed by atoms with E-state index in [1.54, 1.807) is 0 Å². The highest BCUT2D eigenvalue weighted by Gasteiger charge is 2.41. The highest BCUT2D eigenvalue weighted by molar-refractivity contribution is 6.23. The molecule has 1 fully saturated rings. The molecule has 148 valence electrons. The first-order valence-electron chi connectivity index (χ1n) is 10.2. The smallest absolute Gasteiger partial charge is 0.241 e. The largest absolute Gasteiger partial charge is 0.343 e. The lowest BCUT2D eigenvalue weighted by Gasteiger charge is -2.15. The molecule has 0 aliphatic carbocycles. The molecule has 4 aromatic rings. The third-order valence-electron chi connectivity index (χ3n) is 5.83. The van der Waals surface area contributed by atoms with Gasteiger partial charge in [0, 0.05) is 30.1 Å². The van der Waals surface area contributed by atoms with Crippen LogP contribution in [-0.2, 0) is 16.1 Å². The van der Waals surface area contributed by atoms with Crippen molar-refractivity contribution in [2.75, 3.05) is 4.90 Å². The molecule has 1 aliphatic heterocycles. The summed E-state index contributed by atoms with van der Waals surface area (Å²) in [6.45, 7) is 2.71. The Morgan fingerprint density at radius 1 is 0.867 bits per heavy atom. The summed E-state index contributed by atoms with van der Waals surface area (Å²) >= 11 is 0. The Hall–Kier alpha value is -3.66. The predicted molar refractivity (Wildman–Crippen MR) is 119 cm³/mol. The molecule has 1 saturated heterocycles. The van der Waals surface area contributed by atoms with Gasteiger partial charge in [-0.15, -0.1) is 0 Å². The molecule has 4 heteroatoms. The third kappa shape index (κ3) is 3.11. The number of rotatable bonds is 4. The van der Waals surface area contributed by atoms with Gasteiger partial charge in [0.25, 0.3) is 0 Å². The van der Waals surface area contributed by atoms with Gasteiger partial charge in [-0.25, -0.2) is 0 Å². The summed E-state index contributed by atoms with van der Waals surface area (Å²) in [6.07, 6.45) is 2.25. The van der Waals surface area contributed by atoms with Crippen molar-refractivity contribution in [2.24, 2.45) is 0 Å². The Labute approximate surface area is 175 Å². The first kappa shape index (κ1) is 18.4. The summed E-state index contributed by atoms with van der Waals surface area (Å²) in [6, 6.07) is 25.9. The van der Waals surface area contributed by atoms with Crippen LogP contribution in [0.1, 0.15) is 29.0 Å². The van der Waals surface area contributed by atoms with Gasteiger partial charge in [0.15, 0.2) is 0 Å². The van der Waals surface area contributed by atoms with E-state index in [1.807, 2.05) is 73.8 Å². The highest BCUT2D eigenvalue weighted by atomic mass is 16.2. The van der Waals surface area contributed by atoms with Gasteiger partial charge in [0.05, 0.1) is 11.6 Å². The number of nitrogens with zero attached hydrogens (tertiary/aromatic N) is 2. The van der Waals surface area contributed by atoms with E-state index >= 15 is 0 Å². The molecule has 1 atom stereocenters. The van der Waals surface area contributed by atoms with Crippen LogP contribution in [0.2, 0.25) is 0 Å². The first-order valence-corrected chi connectivity index (χ1v) is 10.2. The predicted octanol–water partition coefficient (Wildman–Crippen LogP) is 5.05. The van der Waals surface area contributed by atoms with Gasteiger partial charge < -0.3 is 4.57 Å². The molecule has 1 aromatic heterocycles. The van der Waals surface area contributed by atoms with Crippen molar-refractivity contribution >= 4 is 28.4 Å². The van der Waals surface area contributed by atoms with E-state index < -0.39 is 5.92 Å². The van der Waals surface area contributed by atoms with Crippen molar-refractivity contribution < 1.29 is 9.59 Å². The van der Waals surface area contributed by atoms with E-state index in [9.17, 15) is 9.59 Å². The van der Waals surface area contributed by atoms with Crippen molar-refractivity contribution in [1.29, 1.82) is 0 Å². The minimum atomic E-state index is -0.458. The topological polar surface area (TPSA) is 42.3 Å². The van der Waals surface area contributed by atoms with Crippen LogP contribution >= 0.6 is 0 Å². The Morgan fingerprint density at radius 3 is 2.33 bits per heavy atom. The molecular weight excluding hydrogens is 372 g/mol. The number of amides is 2. The van der Waals surface area contributed by atoms with Crippen LogP contribution < -0.4 is 4.90 Å². The fraction of sp³-hybridized carbons (Fsp3) is 0.154. The lowest BCUT2D eigenvalue weighted by molar-refractivity contribution is -0.121. The zero-order valence-electron chi connectivity index (χ0n) is 16.8. The number of para-hydroxylation sites is 1. The Bertz CT molecular complexity index is 1240. The molecule has 0 bridgehead atoms. The van der Waals surface area contributed by atoms with Gasteiger partial charge in [0.2, 0.25) is 11.8 Å². The normalized spacial score (nSPS) is 16.6. The molecule has 2 heterocycles. The molecule has 5 rings (SSSR count). The zero-order valence-corrected chi connectivity index (χ0v) is 16.8. The van der Waals surface area contributed by atoms with Gasteiger partial charge in [-0.3, -0.25) is 14.5 Å². The molecule has 4 nitrogen and oxygen atoms in total. The number of benzene rings is 3. The van der Waals surface area contributed by atoms with Crippen LogP contribution in [0, 0.1) is 6.92 Å². The van der Waals surface area contributed by atoms with Crippen molar-refractivity contribution in [3.05, 3.63) is 102 Å². The summed E-state index contributed by atoms with van der Waals surface area (Å²) in [5, 5.41) is 1.03. The lowest BCUT2D eigenvalue weighted by atomic mass is 9.97. The van der Waals surface area contributed by atoms with E-state index in [0.29, 0.717) is 5.69 Å². The fourth-order valence-electron chi connectivity index (χ4n) is 4.30. The molecule has 0 spiro atoms. The minimum Gasteiger partial charge on any atom is -0.343 e. The van der Waals surface area contributed by atoms with Crippen LogP contribution in [0.5, 0.6) is 0 Å². The number of fused-ring (bicyclic) bond motifs is 1. The number of aromatic nitrogens is 1. The van der Waals surface area contributed by atoms with Crippen LogP contribution in [0.15, 0.2) is 85.1 Å². The second kappa shape index (κ2) is 7.30. The Kier molecular flexibility index (Phi) is 4.47. The third-order valence-corrected chi connectivity index (χ3v) is 5.83. The van der Waals surface area contributed by atoms with Gasteiger partial charge >= 0.3 is 0 Å². The van der Waals surface area contributed by atoms with Crippen LogP contribution in [0.3, 0.4) is 0 Å². The molecule has 3 aromatic carbocycles. The molecule has 0 radical (unpaired) electrons. The summed E-state index contributed by atoms with van der Waals surface area (Å²) in [5.41, 5.74) is 4.93. The van der Waals surface area contributed by atoms with E-state index in [1.165, 1.54) is 10.5 Å². The number of aryl methyl sites for hydroxylation is 1. The van der Waals surface area contributed by atoms with Crippen molar-refractivity contribution in [3.8, 4) is 0 Å². The summed E-state index contributed by atoms with van der Waals surface area (Å²) in [4.78, 5) is 27.4. The number of carbonyl (C=O) groups excluding carboxylic acids is 2. The van der Waals surface area contributed by atoms with Crippen molar-refractivity contribution in [2.45, 2.75) is 25.8 Å². The minimum absolute atomic E-state index is 0.145. The quantitative estimate of drug-likeness (QED) is 0.455. The van der Waals surface area contributed by atoms with Gasteiger partial charge in [-0.05, 0) is 36.2 Å². The average Bonchev–Trinajstić information content (AvgIpc) is 3.26. The number of hydrogen-bond acceptors (Lipinski definition) is 2. The van der Waals surface area contributed by atoms with Crippen LogP contribution in [-0.4, -0.2) is 16.4 Å².